The second kappa shape index (κ2) is 5.19. The first-order chi connectivity index (χ1) is 6.70. The van der Waals surface area contributed by atoms with Gasteiger partial charge < -0.3 is 0 Å². The lowest BCUT2D eigenvalue weighted by Gasteiger charge is -2.15. The molecule has 78 valence electrons. The summed E-state index contributed by atoms with van der Waals surface area (Å²) in [6.07, 6.45) is 3.64. The van der Waals surface area contributed by atoms with Gasteiger partial charge in [0.1, 0.15) is 0 Å². The van der Waals surface area contributed by atoms with Crippen LogP contribution in [0.15, 0.2) is 18.2 Å². The van der Waals surface area contributed by atoms with Crippen LogP contribution in [0.3, 0.4) is 0 Å². The molecule has 0 spiro atoms. The zero-order valence-corrected chi connectivity index (χ0v) is 9.93. The molecule has 0 aliphatic carbocycles. The molecule has 1 rings (SSSR count). The van der Waals surface area contributed by atoms with Crippen molar-refractivity contribution in [2.75, 3.05) is 0 Å². The van der Waals surface area contributed by atoms with E-state index in [1.807, 2.05) is 0 Å². The van der Waals surface area contributed by atoms with E-state index in [1.54, 1.807) is 11.1 Å². The summed E-state index contributed by atoms with van der Waals surface area (Å²) in [5.74, 6) is 0.656. The molecule has 0 saturated carbocycles. The Morgan fingerprint density at radius 3 is 2.36 bits per heavy atom. The molecule has 0 N–H and O–H groups in total. The van der Waals surface area contributed by atoms with Crippen molar-refractivity contribution in [2.45, 2.75) is 52.9 Å². The number of hydrogen-bond acceptors (Lipinski definition) is 0. The molecule has 0 aliphatic heterocycles. The first kappa shape index (κ1) is 11.3. The minimum absolute atomic E-state index is 0.656. The number of hydrogen-bond donors (Lipinski definition) is 0. The largest absolute Gasteiger partial charge is 0.0651 e. The van der Waals surface area contributed by atoms with Gasteiger partial charge in [-0.05, 0) is 35.4 Å². The summed E-state index contributed by atoms with van der Waals surface area (Å²) in [5.41, 5.74) is 4.69. The summed E-state index contributed by atoms with van der Waals surface area (Å²) in [7, 11) is 0. The molecular formula is C14H22. The van der Waals surface area contributed by atoms with Crippen molar-refractivity contribution in [3.63, 3.8) is 0 Å². The van der Waals surface area contributed by atoms with Crippen molar-refractivity contribution in [1.29, 1.82) is 0 Å². The van der Waals surface area contributed by atoms with Crippen molar-refractivity contribution < 1.29 is 0 Å². The average molecular weight is 190 g/mol. The lowest BCUT2D eigenvalue weighted by molar-refractivity contribution is 0.809. The molecule has 0 heteroatoms. The van der Waals surface area contributed by atoms with Crippen LogP contribution in [-0.2, 0) is 12.8 Å². The summed E-state index contributed by atoms with van der Waals surface area (Å²) >= 11 is 0. The van der Waals surface area contributed by atoms with E-state index in [4.69, 9.17) is 0 Å². The topological polar surface area (TPSA) is 0 Å². The van der Waals surface area contributed by atoms with Crippen LogP contribution in [0.2, 0.25) is 0 Å². The molecule has 0 aromatic heterocycles. The number of aryl methyl sites for hydroxylation is 1. The first-order valence-electron chi connectivity index (χ1n) is 5.81. The maximum absolute atomic E-state index is 2.29. The third-order valence-electron chi connectivity index (χ3n) is 2.81. The second-order valence-electron chi connectivity index (χ2n) is 4.24. The highest BCUT2D eigenvalue weighted by Crippen LogP contribution is 2.24. The van der Waals surface area contributed by atoms with E-state index in [0.717, 1.165) is 6.42 Å². The van der Waals surface area contributed by atoms with Crippen LogP contribution in [0.25, 0.3) is 0 Å². The van der Waals surface area contributed by atoms with Crippen LogP contribution in [0.1, 0.15) is 56.7 Å². The lowest BCUT2D eigenvalue weighted by Crippen LogP contribution is -2.00. The number of rotatable bonds is 4. The molecule has 0 nitrogen and oxygen atoms in total. The summed E-state index contributed by atoms with van der Waals surface area (Å²) in [6, 6.07) is 6.76. The van der Waals surface area contributed by atoms with E-state index < -0.39 is 0 Å². The highest BCUT2D eigenvalue weighted by atomic mass is 14.1. The molecule has 0 amide bonds. The van der Waals surface area contributed by atoms with Crippen LogP contribution >= 0.6 is 0 Å². The molecule has 14 heavy (non-hydrogen) atoms. The first-order valence-corrected chi connectivity index (χ1v) is 5.81. The second-order valence-corrected chi connectivity index (χ2v) is 4.24. The molecule has 0 radical (unpaired) electrons. The fourth-order valence-electron chi connectivity index (χ4n) is 2.08. The Hall–Kier alpha value is -0.780. The standard InChI is InChI=1S/C14H22/c1-5-8-14-12(6-2)9-7-10-13(14)11(3)4/h7,9-11H,5-6,8H2,1-4H3. The molecule has 0 bridgehead atoms. The molecule has 0 saturated heterocycles. The fraction of sp³-hybridized carbons (Fsp3) is 0.571. The Morgan fingerprint density at radius 1 is 1.14 bits per heavy atom. The molecule has 0 unspecified atom stereocenters. The molecule has 1 aromatic carbocycles. The minimum atomic E-state index is 0.656. The SMILES string of the molecule is CCCc1c(CC)cccc1C(C)C. The molecule has 0 atom stereocenters. The lowest BCUT2D eigenvalue weighted by atomic mass is 9.90. The van der Waals surface area contributed by atoms with Crippen molar-refractivity contribution in [2.24, 2.45) is 0 Å². The molecular weight excluding hydrogens is 168 g/mol. The van der Waals surface area contributed by atoms with Crippen molar-refractivity contribution in [3.05, 3.63) is 34.9 Å². The van der Waals surface area contributed by atoms with Crippen LogP contribution in [0.5, 0.6) is 0 Å². The van der Waals surface area contributed by atoms with Crippen LogP contribution < -0.4 is 0 Å². The Balaban J connectivity index is 3.13. The van der Waals surface area contributed by atoms with E-state index in [0.29, 0.717) is 5.92 Å². The normalized spacial score (nSPS) is 10.9. The third kappa shape index (κ3) is 2.37. The van der Waals surface area contributed by atoms with Crippen LogP contribution in [-0.4, -0.2) is 0 Å². The number of benzene rings is 1. The van der Waals surface area contributed by atoms with Gasteiger partial charge in [0.25, 0.3) is 0 Å². The van der Waals surface area contributed by atoms with Gasteiger partial charge in [-0.15, -0.1) is 0 Å². The third-order valence-corrected chi connectivity index (χ3v) is 2.81. The van der Waals surface area contributed by atoms with Gasteiger partial charge in [0, 0.05) is 0 Å². The maximum atomic E-state index is 2.29. The van der Waals surface area contributed by atoms with Gasteiger partial charge in [-0.1, -0.05) is 52.3 Å². The monoisotopic (exact) mass is 190 g/mol. The Labute approximate surface area is 88.4 Å². The highest BCUT2D eigenvalue weighted by molar-refractivity contribution is 5.37. The van der Waals surface area contributed by atoms with E-state index in [-0.39, 0.29) is 0 Å². The van der Waals surface area contributed by atoms with Gasteiger partial charge >= 0.3 is 0 Å². The summed E-state index contributed by atoms with van der Waals surface area (Å²) in [4.78, 5) is 0. The van der Waals surface area contributed by atoms with Gasteiger partial charge in [-0.25, -0.2) is 0 Å². The fourth-order valence-corrected chi connectivity index (χ4v) is 2.08. The van der Waals surface area contributed by atoms with Gasteiger partial charge in [-0.2, -0.15) is 0 Å². The van der Waals surface area contributed by atoms with Gasteiger partial charge in [0.05, 0.1) is 0 Å². The smallest absolute Gasteiger partial charge is 0.0216 e. The summed E-state index contributed by atoms with van der Waals surface area (Å²) in [5, 5.41) is 0. The summed E-state index contributed by atoms with van der Waals surface area (Å²) < 4.78 is 0. The van der Waals surface area contributed by atoms with E-state index in [2.05, 4.69) is 45.9 Å². The zero-order valence-electron chi connectivity index (χ0n) is 9.93. The predicted octanol–water partition coefficient (Wildman–Crippen LogP) is 4.32. The Bertz CT molecular complexity index is 284. The van der Waals surface area contributed by atoms with E-state index in [1.165, 1.54) is 18.4 Å². The Morgan fingerprint density at radius 2 is 1.86 bits per heavy atom. The van der Waals surface area contributed by atoms with Crippen LogP contribution in [0.4, 0.5) is 0 Å². The molecule has 0 aliphatic rings. The average Bonchev–Trinajstić information content (AvgIpc) is 2.18. The maximum Gasteiger partial charge on any atom is -0.0216 e. The van der Waals surface area contributed by atoms with Gasteiger partial charge in [0.15, 0.2) is 0 Å². The van der Waals surface area contributed by atoms with Crippen molar-refractivity contribution in [1.82, 2.24) is 0 Å². The molecule has 1 aromatic rings. The van der Waals surface area contributed by atoms with Gasteiger partial charge in [-0.3, -0.25) is 0 Å². The molecule has 0 heterocycles. The van der Waals surface area contributed by atoms with Gasteiger partial charge in [0.2, 0.25) is 0 Å². The molecule has 0 fully saturated rings. The highest BCUT2D eigenvalue weighted by Gasteiger charge is 2.08. The van der Waals surface area contributed by atoms with E-state index >= 15 is 0 Å². The van der Waals surface area contributed by atoms with Crippen molar-refractivity contribution in [3.8, 4) is 0 Å². The predicted molar refractivity (Wildman–Crippen MR) is 63.9 cm³/mol. The minimum Gasteiger partial charge on any atom is -0.0651 e. The van der Waals surface area contributed by atoms with E-state index in [9.17, 15) is 0 Å². The van der Waals surface area contributed by atoms with Crippen molar-refractivity contribution >= 4 is 0 Å². The zero-order chi connectivity index (χ0) is 10.6. The Kier molecular flexibility index (Phi) is 4.19. The van der Waals surface area contributed by atoms with Crippen LogP contribution in [0, 0.1) is 0 Å². The quantitative estimate of drug-likeness (QED) is 0.663. The summed E-state index contributed by atoms with van der Waals surface area (Å²) in [6.45, 7) is 9.08.